The highest BCUT2D eigenvalue weighted by molar-refractivity contribution is 6.34. The van der Waals surface area contributed by atoms with E-state index >= 15 is 0 Å². The second kappa shape index (κ2) is 7.20. The third-order valence-electron chi connectivity index (χ3n) is 4.61. The average Bonchev–Trinajstić information content (AvgIpc) is 3.10. The molecule has 3 rings (SSSR count). The van der Waals surface area contributed by atoms with Gasteiger partial charge in [0, 0.05) is 25.6 Å². The first-order valence-electron chi connectivity index (χ1n) is 8.45. The van der Waals surface area contributed by atoms with Crippen molar-refractivity contribution in [2.24, 2.45) is 11.0 Å². The van der Waals surface area contributed by atoms with Gasteiger partial charge in [-0.1, -0.05) is 23.7 Å². The molecular weight excluding hydrogens is 360 g/mol. The molecule has 8 nitrogen and oxygen atoms in total. The Hall–Kier alpha value is -2.19. The molecule has 1 atom stereocenters. The summed E-state index contributed by atoms with van der Waals surface area (Å²) in [5.41, 5.74) is 0.107. The lowest BCUT2D eigenvalue weighted by Gasteiger charge is -2.22. The van der Waals surface area contributed by atoms with Crippen LogP contribution in [0.1, 0.15) is 30.6 Å². The van der Waals surface area contributed by atoms with Gasteiger partial charge in [-0.25, -0.2) is 10.1 Å². The summed E-state index contributed by atoms with van der Waals surface area (Å²) in [6.45, 7) is 6.01. The van der Waals surface area contributed by atoms with E-state index in [-0.39, 0.29) is 23.4 Å². The number of carbonyl (C=O) groups is 1. The van der Waals surface area contributed by atoms with E-state index in [1.807, 2.05) is 13.8 Å². The summed E-state index contributed by atoms with van der Waals surface area (Å²) in [6, 6.07) is 6.65. The fraction of sp³-hybridized carbons (Fsp3) is 0.529. The SMILES string of the molecule is CC1(C)CC(CN2CCN(C(=O)c3ccccc3Cl)C2=N[N+](=O)[O-])CO1. The number of ether oxygens (including phenoxy) is 1. The van der Waals surface area contributed by atoms with Crippen molar-refractivity contribution in [2.45, 2.75) is 25.9 Å². The van der Waals surface area contributed by atoms with Gasteiger partial charge in [-0.3, -0.25) is 9.69 Å². The van der Waals surface area contributed by atoms with E-state index in [4.69, 9.17) is 16.3 Å². The molecule has 2 heterocycles. The van der Waals surface area contributed by atoms with Gasteiger partial charge >= 0.3 is 0 Å². The van der Waals surface area contributed by atoms with Crippen LogP contribution in [-0.2, 0) is 4.74 Å². The lowest BCUT2D eigenvalue weighted by atomic mass is 9.97. The average molecular weight is 381 g/mol. The lowest BCUT2D eigenvalue weighted by Crippen LogP contribution is -2.40. The molecule has 0 radical (unpaired) electrons. The van der Waals surface area contributed by atoms with Crippen molar-refractivity contribution in [3.8, 4) is 0 Å². The van der Waals surface area contributed by atoms with E-state index in [0.29, 0.717) is 36.8 Å². The van der Waals surface area contributed by atoms with E-state index in [1.165, 1.54) is 4.90 Å². The Kier molecular flexibility index (Phi) is 5.15. The van der Waals surface area contributed by atoms with Gasteiger partial charge in [0.15, 0.2) is 5.03 Å². The molecule has 2 aliphatic heterocycles. The second-order valence-electron chi connectivity index (χ2n) is 7.16. The Balaban J connectivity index is 1.80. The zero-order chi connectivity index (χ0) is 18.9. The number of carbonyl (C=O) groups excluding carboxylic acids is 1. The molecule has 26 heavy (non-hydrogen) atoms. The van der Waals surface area contributed by atoms with Crippen molar-refractivity contribution < 1.29 is 14.6 Å². The molecular formula is C17H21ClN4O4. The molecule has 0 bridgehead atoms. The topological polar surface area (TPSA) is 88.3 Å². The lowest BCUT2D eigenvalue weighted by molar-refractivity contribution is -0.486. The molecule has 140 valence electrons. The normalized spacial score (nSPS) is 23.7. The van der Waals surface area contributed by atoms with Crippen LogP contribution in [0.2, 0.25) is 5.02 Å². The minimum Gasteiger partial charge on any atom is -0.375 e. The Bertz CT molecular complexity index is 752. The van der Waals surface area contributed by atoms with Crippen molar-refractivity contribution in [1.82, 2.24) is 9.80 Å². The van der Waals surface area contributed by atoms with Crippen LogP contribution < -0.4 is 0 Å². The van der Waals surface area contributed by atoms with E-state index in [1.54, 1.807) is 29.2 Å². The first-order valence-corrected chi connectivity index (χ1v) is 8.83. The molecule has 2 aliphatic rings. The molecule has 0 aromatic heterocycles. The second-order valence-corrected chi connectivity index (χ2v) is 7.57. The number of nitrogens with zero attached hydrogens (tertiary/aromatic N) is 4. The maximum Gasteiger partial charge on any atom is 0.281 e. The highest BCUT2D eigenvalue weighted by atomic mass is 35.5. The van der Waals surface area contributed by atoms with Crippen molar-refractivity contribution in [3.63, 3.8) is 0 Å². The Morgan fingerprint density at radius 1 is 1.42 bits per heavy atom. The fourth-order valence-corrected chi connectivity index (χ4v) is 3.73. The molecule has 0 N–H and O–H groups in total. The predicted molar refractivity (Wildman–Crippen MR) is 96.6 cm³/mol. The quantitative estimate of drug-likeness (QED) is 0.591. The van der Waals surface area contributed by atoms with Crippen LogP contribution in [0, 0.1) is 16.0 Å². The number of hydrogen-bond donors (Lipinski definition) is 0. The van der Waals surface area contributed by atoms with Crippen LogP contribution in [0.4, 0.5) is 0 Å². The van der Waals surface area contributed by atoms with E-state index < -0.39 is 5.03 Å². The van der Waals surface area contributed by atoms with E-state index in [2.05, 4.69) is 5.10 Å². The fourth-order valence-electron chi connectivity index (χ4n) is 3.51. The number of hydrogen-bond acceptors (Lipinski definition) is 4. The van der Waals surface area contributed by atoms with Gasteiger partial charge in [-0.05, 0) is 32.4 Å². The van der Waals surface area contributed by atoms with Gasteiger partial charge < -0.3 is 9.64 Å². The van der Waals surface area contributed by atoms with Gasteiger partial charge in [0.25, 0.3) is 11.9 Å². The zero-order valence-corrected chi connectivity index (χ0v) is 15.5. The maximum absolute atomic E-state index is 12.8. The molecule has 0 spiro atoms. The summed E-state index contributed by atoms with van der Waals surface area (Å²) in [5.74, 6) is -0.0938. The zero-order valence-electron chi connectivity index (χ0n) is 14.7. The Morgan fingerprint density at radius 3 is 2.77 bits per heavy atom. The van der Waals surface area contributed by atoms with E-state index in [0.717, 1.165) is 6.42 Å². The minimum absolute atomic E-state index is 0.0598. The van der Waals surface area contributed by atoms with Crippen molar-refractivity contribution >= 4 is 23.5 Å². The monoisotopic (exact) mass is 380 g/mol. The summed E-state index contributed by atoms with van der Waals surface area (Å²) in [5, 5.41) is 14.0. The summed E-state index contributed by atoms with van der Waals surface area (Å²) < 4.78 is 5.74. The first kappa shape index (κ1) is 18.6. The Labute approximate surface area is 156 Å². The van der Waals surface area contributed by atoms with Crippen LogP contribution in [0.3, 0.4) is 0 Å². The largest absolute Gasteiger partial charge is 0.375 e. The summed E-state index contributed by atoms with van der Waals surface area (Å²) in [6.07, 6.45) is 0.855. The third-order valence-corrected chi connectivity index (χ3v) is 4.94. The highest BCUT2D eigenvalue weighted by Crippen LogP contribution is 2.30. The summed E-state index contributed by atoms with van der Waals surface area (Å²) in [7, 11) is 0. The summed E-state index contributed by atoms with van der Waals surface area (Å²) in [4.78, 5) is 27.0. The number of nitro groups is 1. The molecule has 9 heteroatoms. The number of rotatable bonds is 4. The molecule has 0 aliphatic carbocycles. The van der Waals surface area contributed by atoms with Gasteiger partial charge in [-0.15, -0.1) is 0 Å². The molecule has 2 saturated heterocycles. The van der Waals surface area contributed by atoms with Crippen LogP contribution >= 0.6 is 11.6 Å². The number of halogens is 1. The van der Waals surface area contributed by atoms with Crippen molar-refractivity contribution in [1.29, 1.82) is 0 Å². The Morgan fingerprint density at radius 2 is 2.15 bits per heavy atom. The molecule has 1 aromatic carbocycles. The number of amides is 1. The van der Waals surface area contributed by atoms with Crippen molar-refractivity contribution in [3.05, 3.63) is 45.0 Å². The van der Waals surface area contributed by atoms with Crippen LogP contribution in [0.15, 0.2) is 29.4 Å². The molecule has 0 saturated carbocycles. The summed E-state index contributed by atoms with van der Waals surface area (Å²) >= 11 is 6.10. The molecule has 1 amide bonds. The maximum atomic E-state index is 12.8. The minimum atomic E-state index is -0.768. The van der Waals surface area contributed by atoms with Crippen LogP contribution in [0.5, 0.6) is 0 Å². The highest BCUT2D eigenvalue weighted by Gasteiger charge is 2.39. The van der Waals surface area contributed by atoms with Crippen molar-refractivity contribution in [2.75, 3.05) is 26.2 Å². The van der Waals surface area contributed by atoms with Gasteiger partial charge in [0.1, 0.15) is 5.10 Å². The predicted octanol–water partition coefficient (Wildman–Crippen LogP) is 2.46. The number of hydrazone groups is 1. The van der Waals surface area contributed by atoms with Gasteiger partial charge in [-0.2, -0.15) is 0 Å². The smallest absolute Gasteiger partial charge is 0.281 e. The number of benzene rings is 1. The number of guanidine groups is 1. The first-order chi connectivity index (χ1) is 12.3. The standard InChI is InChI=1S/C17H21ClN4O4/c1-17(2)9-12(11-26-17)10-20-7-8-21(16(20)19-22(24)25)15(23)13-5-3-4-6-14(13)18/h3-6,12H,7-11H2,1-2H3. The third kappa shape index (κ3) is 3.96. The van der Waals surface area contributed by atoms with Crippen LogP contribution in [0.25, 0.3) is 0 Å². The van der Waals surface area contributed by atoms with Gasteiger partial charge in [0.2, 0.25) is 0 Å². The van der Waals surface area contributed by atoms with Gasteiger partial charge in [0.05, 0.1) is 22.8 Å². The molecule has 1 unspecified atom stereocenters. The van der Waals surface area contributed by atoms with E-state index in [9.17, 15) is 14.9 Å². The molecule has 2 fully saturated rings. The molecule has 1 aromatic rings. The van der Waals surface area contributed by atoms with Crippen LogP contribution in [-0.4, -0.2) is 58.5 Å².